The van der Waals surface area contributed by atoms with E-state index in [0.717, 1.165) is 30.8 Å². The van der Waals surface area contributed by atoms with Crippen LogP contribution in [0.2, 0.25) is 0 Å². The molecule has 0 spiro atoms. The van der Waals surface area contributed by atoms with E-state index >= 15 is 0 Å². The molecule has 0 radical (unpaired) electrons. The molecule has 1 atom stereocenters. The third-order valence-electron chi connectivity index (χ3n) is 2.72. The van der Waals surface area contributed by atoms with Crippen LogP contribution in [-0.4, -0.2) is 19.0 Å². The van der Waals surface area contributed by atoms with Gasteiger partial charge in [-0.15, -0.1) is 11.3 Å². The molecule has 1 amide bonds. The third kappa shape index (κ3) is 2.08. The largest absolute Gasteiger partial charge is 0.365 e. The molecule has 0 bridgehead atoms. The predicted octanol–water partition coefficient (Wildman–Crippen LogP) is 1.86. The molecule has 1 unspecified atom stereocenters. The maximum absolute atomic E-state index is 12.6. The zero-order chi connectivity index (χ0) is 11.7. The van der Waals surface area contributed by atoms with Gasteiger partial charge in [-0.1, -0.05) is 0 Å². The van der Waals surface area contributed by atoms with E-state index in [1.807, 2.05) is 0 Å². The molecule has 1 saturated heterocycles. The lowest BCUT2D eigenvalue weighted by atomic mass is 9.98. The van der Waals surface area contributed by atoms with E-state index in [0.29, 0.717) is 5.56 Å². The smallest absolute Gasteiger partial charge is 0.272 e. The standard InChI is InChI=1S/C10H12F2N2OS/c11-9(12)7-3-6(5-1-2-14-4-5)8(16-7)10(13)15/h3,5,9,14H,1-2,4H2,(H2,13,15). The van der Waals surface area contributed by atoms with Crippen LogP contribution < -0.4 is 11.1 Å². The average Bonchev–Trinajstić information content (AvgIpc) is 2.86. The minimum Gasteiger partial charge on any atom is -0.365 e. The van der Waals surface area contributed by atoms with Crippen LogP contribution in [-0.2, 0) is 0 Å². The lowest BCUT2D eigenvalue weighted by Gasteiger charge is -2.07. The average molecular weight is 246 g/mol. The Bertz CT molecular complexity index is 400. The first-order chi connectivity index (χ1) is 7.59. The number of amides is 1. The van der Waals surface area contributed by atoms with Gasteiger partial charge in [-0.25, -0.2) is 8.78 Å². The highest BCUT2D eigenvalue weighted by Gasteiger charge is 2.26. The molecule has 3 N–H and O–H groups in total. The van der Waals surface area contributed by atoms with Crippen molar-refractivity contribution in [1.82, 2.24) is 5.32 Å². The second-order valence-electron chi connectivity index (χ2n) is 3.79. The van der Waals surface area contributed by atoms with Gasteiger partial charge in [0.15, 0.2) is 0 Å². The fourth-order valence-electron chi connectivity index (χ4n) is 1.95. The molecule has 0 aromatic carbocycles. The maximum atomic E-state index is 12.6. The number of thiophene rings is 1. The van der Waals surface area contributed by atoms with Crippen LogP contribution >= 0.6 is 11.3 Å². The molecule has 1 aromatic rings. The van der Waals surface area contributed by atoms with Crippen LogP contribution in [0.4, 0.5) is 8.78 Å². The van der Waals surface area contributed by atoms with Crippen molar-refractivity contribution in [2.24, 2.45) is 5.73 Å². The molecule has 6 heteroatoms. The van der Waals surface area contributed by atoms with Crippen molar-refractivity contribution >= 4 is 17.2 Å². The summed E-state index contributed by atoms with van der Waals surface area (Å²) in [7, 11) is 0. The molecule has 2 heterocycles. The van der Waals surface area contributed by atoms with Crippen molar-refractivity contribution in [2.45, 2.75) is 18.8 Å². The quantitative estimate of drug-likeness (QED) is 0.855. The Morgan fingerprint density at radius 2 is 2.38 bits per heavy atom. The van der Waals surface area contributed by atoms with Gasteiger partial charge >= 0.3 is 0 Å². The zero-order valence-electron chi connectivity index (χ0n) is 8.50. The molecule has 88 valence electrons. The summed E-state index contributed by atoms with van der Waals surface area (Å²) in [6.45, 7) is 1.57. The van der Waals surface area contributed by atoms with Crippen molar-refractivity contribution in [3.05, 3.63) is 21.4 Å². The second-order valence-corrected chi connectivity index (χ2v) is 4.87. The zero-order valence-corrected chi connectivity index (χ0v) is 9.32. The topological polar surface area (TPSA) is 55.1 Å². The summed E-state index contributed by atoms with van der Waals surface area (Å²) >= 11 is 0.810. The first-order valence-corrected chi connectivity index (χ1v) is 5.83. The Kier molecular flexibility index (Phi) is 3.20. The minimum absolute atomic E-state index is 0.0734. The molecule has 1 aromatic heterocycles. The van der Waals surface area contributed by atoms with Crippen molar-refractivity contribution in [3.8, 4) is 0 Å². The lowest BCUT2D eigenvalue weighted by Crippen LogP contribution is -2.14. The number of hydrogen-bond donors (Lipinski definition) is 2. The number of nitrogens with two attached hydrogens (primary N) is 1. The molecule has 0 saturated carbocycles. The number of hydrogen-bond acceptors (Lipinski definition) is 3. The van der Waals surface area contributed by atoms with Crippen molar-refractivity contribution in [2.75, 3.05) is 13.1 Å². The molecular weight excluding hydrogens is 234 g/mol. The number of primary amides is 1. The molecule has 2 rings (SSSR count). The number of carbonyl (C=O) groups excluding carboxylic acids is 1. The summed E-state index contributed by atoms with van der Waals surface area (Å²) in [6, 6.07) is 1.42. The molecule has 1 fully saturated rings. The third-order valence-corrected chi connectivity index (χ3v) is 3.89. The summed E-state index contributed by atoms with van der Waals surface area (Å²) < 4.78 is 25.1. The van der Waals surface area contributed by atoms with Gasteiger partial charge in [-0.05, 0) is 30.5 Å². The highest BCUT2D eigenvalue weighted by molar-refractivity contribution is 7.14. The van der Waals surface area contributed by atoms with Gasteiger partial charge < -0.3 is 11.1 Å². The van der Waals surface area contributed by atoms with E-state index in [4.69, 9.17) is 5.73 Å². The SMILES string of the molecule is NC(=O)c1sc(C(F)F)cc1C1CCNC1. The van der Waals surface area contributed by atoms with Crippen LogP contribution in [0, 0.1) is 0 Å². The van der Waals surface area contributed by atoms with Gasteiger partial charge in [-0.3, -0.25) is 4.79 Å². The Morgan fingerprint density at radius 3 is 2.88 bits per heavy atom. The van der Waals surface area contributed by atoms with Gasteiger partial charge in [-0.2, -0.15) is 0 Å². The number of halogens is 2. The summed E-state index contributed by atoms with van der Waals surface area (Å²) in [4.78, 5) is 11.4. The van der Waals surface area contributed by atoms with E-state index in [9.17, 15) is 13.6 Å². The van der Waals surface area contributed by atoms with E-state index < -0.39 is 12.3 Å². The monoisotopic (exact) mass is 246 g/mol. The van der Waals surface area contributed by atoms with Crippen molar-refractivity contribution in [1.29, 1.82) is 0 Å². The lowest BCUT2D eigenvalue weighted by molar-refractivity contribution is 0.100. The molecule has 1 aliphatic rings. The Hall–Kier alpha value is -1.01. The van der Waals surface area contributed by atoms with Gasteiger partial charge in [0, 0.05) is 6.54 Å². The summed E-state index contributed by atoms with van der Waals surface area (Å²) in [5.41, 5.74) is 5.88. The van der Waals surface area contributed by atoms with Crippen molar-refractivity contribution < 1.29 is 13.6 Å². The number of alkyl halides is 2. The number of carbonyl (C=O) groups is 1. The maximum Gasteiger partial charge on any atom is 0.272 e. The van der Waals surface area contributed by atoms with Crippen LogP contribution in [0.15, 0.2) is 6.07 Å². The van der Waals surface area contributed by atoms with Crippen LogP contribution in [0.5, 0.6) is 0 Å². The first kappa shape index (κ1) is 11.5. The van der Waals surface area contributed by atoms with E-state index in [2.05, 4.69) is 5.32 Å². The molecule has 0 aliphatic carbocycles. The Balaban J connectivity index is 2.37. The fourth-order valence-corrected chi connectivity index (χ4v) is 2.90. The van der Waals surface area contributed by atoms with Gasteiger partial charge in [0.05, 0.1) is 9.75 Å². The van der Waals surface area contributed by atoms with Gasteiger partial charge in [0.25, 0.3) is 12.3 Å². The van der Waals surface area contributed by atoms with E-state index in [-0.39, 0.29) is 15.7 Å². The van der Waals surface area contributed by atoms with Crippen LogP contribution in [0.3, 0.4) is 0 Å². The van der Waals surface area contributed by atoms with Gasteiger partial charge in [0.1, 0.15) is 0 Å². The normalized spacial score (nSPS) is 20.6. The van der Waals surface area contributed by atoms with E-state index in [1.54, 1.807) is 0 Å². The Morgan fingerprint density at radius 1 is 1.62 bits per heavy atom. The highest BCUT2D eigenvalue weighted by atomic mass is 32.1. The molecule has 1 aliphatic heterocycles. The molecular formula is C10H12F2N2OS. The van der Waals surface area contributed by atoms with Crippen LogP contribution in [0.1, 0.15) is 38.9 Å². The molecule has 3 nitrogen and oxygen atoms in total. The summed E-state index contributed by atoms with van der Waals surface area (Å²) in [6.07, 6.45) is -1.68. The highest BCUT2D eigenvalue weighted by Crippen LogP contribution is 2.36. The predicted molar refractivity (Wildman–Crippen MR) is 58.0 cm³/mol. The number of rotatable bonds is 3. The summed E-state index contributed by atoms with van der Waals surface area (Å²) in [5.74, 6) is -0.481. The van der Waals surface area contributed by atoms with E-state index in [1.165, 1.54) is 6.07 Å². The molecule has 16 heavy (non-hydrogen) atoms. The van der Waals surface area contributed by atoms with Crippen LogP contribution in [0.25, 0.3) is 0 Å². The minimum atomic E-state index is -2.54. The first-order valence-electron chi connectivity index (χ1n) is 5.02. The summed E-state index contributed by atoms with van der Waals surface area (Å²) in [5, 5.41) is 3.14. The van der Waals surface area contributed by atoms with Crippen molar-refractivity contribution in [3.63, 3.8) is 0 Å². The fraction of sp³-hybridized carbons (Fsp3) is 0.500. The van der Waals surface area contributed by atoms with Gasteiger partial charge in [0.2, 0.25) is 0 Å². The Labute approximate surface area is 95.6 Å². The second kappa shape index (κ2) is 4.47. The number of nitrogens with one attached hydrogen (secondary N) is 1.